The smallest absolute Gasteiger partial charge is 0.212 e. The van der Waals surface area contributed by atoms with Crippen LogP contribution in [-0.4, -0.2) is 8.42 Å². The summed E-state index contributed by atoms with van der Waals surface area (Å²) in [5.41, 5.74) is 2.88. The summed E-state index contributed by atoms with van der Waals surface area (Å²) in [6, 6.07) is 14.9. The van der Waals surface area contributed by atoms with Crippen molar-refractivity contribution in [1.82, 2.24) is 4.72 Å². The second kappa shape index (κ2) is 6.73. The highest BCUT2D eigenvalue weighted by molar-refractivity contribution is 9.10. The molecule has 0 aliphatic rings. The van der Waals surface area contributed by atoms with E-state index in [1.165, 1.54) is 0 Å². The van der Waals surface area contributed by atoms with E-state index in [9.17, 15) is 8.42 Å². The van der Waals surface area contributed by atoms with Crippen LogP contribution in [0.5, 0.6) is 0 Å². The van der Waals surface area contributed by atoms with Gasteiger partial charge in [-0.2, -0.15) is 0 Å². The van der Waals surface area contributed by atoms with Crippen LogP contribution in [0.2, 0.25) is 0 Å². The van der Waals surface area contributed by atoms with Gasteiger partial charge in [-0.25, -0.2) is 13.1 Å². The zero-order valence-corrected chi connectivity index (χ0v) is 14.4. The fraction of sp³-hybridized carbons (Fsp3) is 0.250. The third-order valence-corrected chi connectivity index (χ3v) is 5.16. The Morgan fingerprint density at radius 2 is 1.62 bits per heavy atom. The highest BCUT2D eigenvalue weighted by Crippen LogP contribution is 2.17. The molecule has 2 rings (SSSR count). The first kappa shape index (κ1) is 16.2. The lowest BCUT2D eigenvalue weighted by Crippen LogP contribution is -2.28. The highest BCUT2D eigenvalue weighted by atomic mass is 79.9. The van der Waals surface area contributed by atoms with Gasteiger partial charge in [-0.05, 0) is 37.1 Å². The van der Waals surface area contributed by atoms with Crippen molar-refractivity contribution >= 4 is 26.0 Å². The van der Waals surface area contributed by atoms with Gasteiger partial charge in [0, 0.05) is 10.5 Å². The number of sulfonamides is 1. The molecule has 0 saturated carbocycles. The third kappa shape index (κ3) is 4.95. The topological polar surface area (TPSA) is 46.2 Å². The maximum absolute atomic E-state index is 12.2. The molecule has 0 aliphatic carbocycles. The van der Waals surface area contributed by atoms with E-state index < -0.39 is 10.0 Å². The average molecular weight is 368 g/mol. The van der Waals surface area contributed by atoms with E-state index in [-0.39, 0.29) is 11.8 Å². The monoisotopic (exact) mass is 367 g/mol. The molecule has 0 aliphatic heterocycles. The van der Waals surface area contributed by atoms with Crippen LogP contribution >= 0.6 is 15.9 Å². The first-order chi connectivity index (χ1) is 9.85. The first-order valence-corrected chi connectivity index (χ1v) is 9.11. The summed E-state index contributed by atoms with van der Waals surface area (Å²) in [6.45, 7) is 3.86. The minimum Gasteiger partial charge on any atom is -0.212 e. The number of rotatable bonds is 5. The van der Waals surface area contributed by atoms with Crippen molar-refractivity contribution in [3.63, 3.8) is 0 Å². The molecule has 2 aromatic carbocycles. The zero-order chi connectivity index (χ0) is 15.5. The summed E-state index contributed by atoms with van der Waals surface area (Å²) in [6.07, 6.45) is 0. The molecule has 0 bridgehead atoms. The molecule has 1 atom stereocenters. The standard InChI is InChI=1S/C16H18BrNO2S/c1-12-3-7-15(8-4-12)13(2)18-21(19,20)11-14-5-9-16(17)10-6-14/h3-10,13,18H,11H2,1-2H3/t13-/m1/s1. The molecule has 0 fully saturated rings. The first-order valence-electron chi connectivity index (χ1n) is 6.67. The molecule has 0 unspecified atom stereocenters. The van der Waals surface area contributed by atoms with Crippen LogP contribution in [-0.2, 0) is 15.8 Å². The molecule has 5 heteroatoms. The Hall–Kier alpha value is -1.17. The predicted molar refractivity (Wildman–Crippen MR) is 89.5 cm³/mol. The molecular formula is C16H18BrNO2S. The van der Waals surface area contributed by atoms with Gasteiger partial charge in [0.25, 0.3) is 0 Å². The average Bonchev–Trinajstić information content (AvgIpc) is 2.41. The van der Waals surface area contributed by atoms with E-state index in [0.29, 0.717) is 0 Å². The molecular weight excluding hydrogens is 350 g/mol. The van der Waals surface area contributed by atoms with Crippen LogP contribution in [0.3, 0.4) is 0 Å². The summed E-state index contributed by atoms with van der Waals surface area (Å²) in [4.78, 5) is 0. The lowest BCUT2D eigenvalue weighted by atomic mass is 10.1. The Bertz CT molecular complexity index is 694. The molecule has 0 spiro atoms. The van der Waals surface area contributed by atoms with Crippen molar-refractivity contribution in [3.05, 3.63) is 69.7 Å². The van der Waals surface area contributed by atoms with E-state index in [1.54, 1.807) is 12.1 Å². The Morgan fingerprint density at radius 3 is 2.19 bits per heavy atom. The van der Waals surface area contributed by atoms with Crippen molar-refractivity contribution in [2.75, 3.05) is 0 Å². The predicted octanol–water partition coefficient (Wildman–Crippen LogP) is 3.94. The van der Waals surface area contributed by atoms with Gasteiger partial charge in [0.1, 0.15) is 0 Å². The third-order valence-electron chi connectivity index (χ3n) is 3.20. The molecule has 0 radical (unpaired) electrons. The fourth-order valence-corrected chi connectivity index (χ4v) is 3.69. The Morgan fingerprint density at radius 1 is 1.05 bits per heavy atom. The van der Waals surface area contributed by atoms with Gasteiger partial charge < -0.3 is 0 Å². The van der Waals surface area contributed by atoms with Crippen LogP contribution in [0.1, 0.15) is 29.7 Å². The normalized spacial score (nSPS) is 13.1. The van der Waals surface area contributed by atoms with Crippen LogP contribution in [0.15, 0.2) is 53.0 Å². The maximum atomic E-state index is 12.2. The number of benzene rings is 2. The van der Waals surface area contributed by atoms with E-state index in [1.807, 2.05) is 50.2 Å². The fourth-order valence-electron chi connectivity index (χ4n) is 2.03. The summed E-state index contributed by atoms with van der Waals surface area (Å²) >= 11 is 3.34. The molecule has 2 aromatic rings. The SMILES string of the molecule is Cc1ccc([C@@H](C)NS(=O)(=O)Cc2ccc(Br)cc2)cc1. The van der Waals surface area contributed by atoms with Gasteiger partial charge in [-0.3, -0.25) is 0 Å². The molecule has 1 N–H and O–H groups in total. The molecule has 0 amide bonds. The summed E-state index contributed by atoms with van der Waals surface area (Å²) in [5.74, 6) is -0.0174. The van der Waals surface area contributed by atoms with Crippen LogP contribution < -0.4 is 4.72 Å². The van der Waals surface area contributed by atoms with Crippen molar-refractivity contribution in [3.8, 4) is 0 Å². The van der Waals surface area contributed by atoms with Crippen molar-refractivity contribution < 1.29 is 8.42 Å². The zero-order valence-electron chi connectivity index (χ0n) is 12.0. The largest absolute Gasteiger partial charge is 0.216 e. The van der Waals surface area contributed by atoms with Crippen LogP contribution in [0.4, 0.5) is 0 Å². The lowest BCUT2D eigenvalue weighted by molar-refractivity contribution is 0.566. The van der Waals surface area contributed by atoms with Gasteiger partial charge >= 0.3 is 0 Å². The van der Waals surface area contributed by atoms with E-state index in [4.69, 9.17) is 0 Å². The minimum atomic E-state index is -3.37. The molecule has 21 heavy (non-hydrogen) atoms. The Balaban J connectivity index is 2.06. The molecule has 3 nitrogen and oxygen atoms in total. The van der Waals surface area contributed by atoms with Gasteiger partial charge in [-0.15, -0.1) is 0 Å². The number of halogens is 1. The lowest BCUT2D eigenvalue weighted by Gasteiger charge is -2.15. The summed E-state index contributed by atoms with van der Waals surface area (Å²) in [5, 5.41) is 0. The highest BCUT2D eigenvalue weighted by Gasteiger charge is 2.16. The number of nitrogens with one attached hydrogen (secondary N) is 1. The quantitative estimate of drug-likeness (QED) is 0.869. The van der Waals surface area contributed by atoms with Gasteiger partial charge in [0.2, 0.25) is 10.0 Å². The van der Waals surface area contributed by atoms with Gasteiger partial charge in [0.05, 0.1) is 5.75 Å². The molecule has 0 saturated heterocycles. The second-order valence-corrected chi connectivity index (χ2v) is 7.81. The van der Waals surface area contributed by atoms with Crippen LogP contribution in [0, 0.1) is 6.92 Å². The maximum Gasteiger partial charge on any atom is 0.216 e. The van der Waals surface area contributed by atoms with Gasteiger partial charge in [-0.1, -0.05) is 57.9 Å². The summed E-state index contributed by atoms with van der Waals surface area (Å²) < 4.78 is 28.1. The Labute approximate surface area is 134 Å². The summed E-state index contributed by atoms with van der Waals surface area (Å²) in [7, 11) is -3.37. The number of hydrogen-bond donors (Lipinski definition) is 1. The van der Waals surface area contributed by atoms with Crippen molar-refractivity contribution in [2.45, 2.75) is 25.6 Å². The molecule has 112 valence electrons. The van der Waals surface area contributed by atoms with Crippen LogP contribution in [0.25, 0.3) is 0 Å². The minimum absolute atomic E-state index is 0.0174. The number of hydrogen-bond acceptors (Lipinski definition) is 2. The van der Waals surface area contributed by atoms with E-state index in [0.717, 1.165) is 21.2 Å². The Kier molecular flexibility index (Phi) is 5.19. The van der Waals surface area contributed by atoms with Gasteiger partial charge in [0.15, 0.2) is 0 Å². The van der Waals surface area contributed by atoms with E-state index in [2.05, 4.69) is 20.7 Å². The molecule has 0 heterocycles. The van der Waals surface area contributed by atoms with Crippen molar-refractivity contribution in [1.29, 1.82) is 0 Å². The molecule has 0 aromatic heterocycles. The van der Waals surface area contributed by atoms with Crippen molar-refractivity contribution in [2.24, 2.45) is 0 Å². The van der Waals surface area contributed by atoms with E-state index >= 15 is 0 Å². The number of aryl methyl sites for hydroxylation is 1. The second-order valence-electron chi connectivity index (χ2n) is 5.14.